The van der Waals surface area contributed by atoms with Crippen molar-refractivity contribution in [2.75, 3.05) is 38.2 Å². The third-order valence-corrected chi connectivity index (χ3v) is 5.03. The number of pyridine rings is 1. The molecule has 0 unspecified atom stereocenters. The van der Waals surface area contributed by atoms with Crippen LogP contribution in [0, 0.1) is 5.92 Å². The third-order valence-electron chi connectivity index (χ3n) is 5.03. The molecular weight excluding hydrogens is 320 g/mol. The Balaban J connectivity index is 1.36. The van der Waals surface area contributed by atoms with E-state index in [0.29, 0.717) is 24.2 Å². The summed E-state index contributed by atoms with van der Waals surface area (Å²) in [4.78, 5) is 30.3. The number of rotatable bonds is 4. The van der Waals surface area contributed by atoms with Gasteiger partial charge in [0.05, 0.1) is 11.9 Å². The van der Waals surface area contributed by atoms with E-state index in [4.69, 9.17) is 4.74 Å². The van der Waals surface area contributed by atoms with Crippen molar-refractivity contribution in [3.8, 4) is 0 Å². The maximum Gasteiger partial charge on any atom is 0.313 e. The molecule has 0 saturated carbocycles. The number of nitrogens with zero attached hydrogens (tertiary/aromatic N) is 2. The lowest BCUT2D eigenvalue weighted by molar-refractivity contribution is -0.136. The first kappa shape index (κ1) is 17.8. The molecule has 1 aromatic heterocycles. The zero-order valence-electron chi connectivity index (χ0n) is 14.4. The standard InChI is InChI=1S/C18H26N4O3/c23-17(18(24)21-15-2-1-7-19-13-15)20-12-14-3-8-22(9-4-14)16-5-10-25-11-6-16/h1-2,7,13-14,16H,3-6,8-12H2,(H,20,23)(H,21,24). The minimum absolute atomic E-state index is 0.436. The Labute approximate surface area is 148 Å². The van der Waals surface area contributed by atoms with E-state index in [-0.39, 0.29) is 0 Å². The molecule has 2 saturated heterocycles. The summed E-state index contributed by atoms with van der Waals surface area (Å²) < 4.78 is 5.43. The molecule has 2 N–H and O–H groups in total. The Morgan fingerprint density at radius 3 is 2.60 bits per heavy atom. The number of aromatic nitrogens is 1. The second kappa shape index (κ2) is 8.92. The normalized spacial score (nSPS) is 20.2. The second-order valence-electron chi connectivity index (χ2n) is 6.73. The zero-order chi connectivity index (χ0) is 17.5. The summed E-state index contributed by atoms with van der Waals surface area (Å²) in [6.07, 6.45) is 7.48. The van der Waals surface area contributed by atoms with E-state index in [1.807, 2.05) is 0 Å². The molecule has 1 aromatic rings. The van der Waals surface area contributed by atoms with Crippen LogP contribution in [0.3, 0.4) is 0 Å². The van der Waals surface area contributed by atoms with Crippen molar-refractivity contribution in [3.05, 3.63) is 24.5 Å². The van der Waals surface area contributed by atoms with Gasteiger partial charge in [-0.1, -0.05) is 0 Å². The summed E-state index contributed by atoms with van der Waals surface area (Å²) in [5.41, 5.74) is 0.521. The van der Waals surface area contributed by atoms with Crippen LogP contribution in [0.15, 0.2) is 24.5 Å². The van der Waals surface area contributed by atoms with E-state index in [2.05, 4.69) is 20.5 Å². The molecule has 3 rings (SSSR count). The fourth-order valence-corrected chi connectivity index (χ4v) is 3.51. The Bertz CT molecular complexity index is 567. The molecule has 2 aliphatic rings. The van der Waals surface area contributed by atoms with Crippen LogP contribution in [0.5, 0.6) is 0 Å². The van der Waals surface area contributed by atoms with Crippen LogP contribution in [0.2, 0.25) is 0 Å². The van der Waals surface area contributed by atoms with Crippen LogP contribution < -0.4 is 10.6 Å². The van der Waals surface area contributed by atoms with Gasteiger partial charge in [-0.15, -0.1) is 0 Å². The highest BCUT2D eigenvalue weighted by atomic mass is 16.5. The molecular formula is C18H26N4O3. The summed E-state index contributed by atoms with van der Waals surface area (Å²) in [5.74, 6) is -0.797. The number of ether oxygens (including phenoxy) is 1. The van der Waals surface area contributed by atoms with Crippen molar-refractivity contribution in [1.29, 1.82) is 0 Å². The number of piperidine rings is 1. The molecule has 7 nitrogen and oxygen atoms in total. The highest BCUT2D eigenvalue weighted by Crippen LogP contribution is 2.22. The zero-order valence-corrected chi connectivity index (χ0v) is 14.4. The maximum atomic E-state index is 11.9. The molecule has 0 aromatic carbocycles. The predicted molar refractivity (Wildman–Crippen MR) is 94.0 cm³/mol. The molecule has 2 fully saturated rings. The first-order valence-electron chi connectivity index (χ1n) is 9.03. The highest BCUT2D eigenvalue weighted by molar-refractivity contribution is 6.39. The van der Waals surface area contributed by atoms with E-state index in [1.165, 1.54) is 6.20 Å². The average Bonchev–Trinajstić information content (AvgIpc) is 2.68. The highest BCUT2D eigenvalue weighted by Gasteiger charge is 2.27. The van der Waals surface area contributed by atoms with E-state index >= 15 is 0 Å². The fourth-order valence-electron chi connectivity index (χ4n) is 3.51. The molecule has 3 heterocycles. The van der Waals surface area contributed by atoms with Crippen LogP contribution in [0.1, 0.15) is 25.7 Å². The van der Waals surface area contributed by atoms with Gasteiger partial charge in [0.1, 0.15) is 0 Å². The van der Waals surface area contributed by atoms with Crippen LogP contribution >= 0.6 is 0 Å². The van der Waals surface area contributed by atoms with Gasteiger partial charge in [0.2, 0.25) is 0 Å². The lowest BCUT2D eigenvalue weighted by atomic mass is 9.94. The van der Waals surface area contributed by atoms with E-state index < -0.39 is 11.8 Å². The van der Waals surface area contributed by atoms with Gasteiger partial charge in [0.15, 0.2) is 0 Å². The predicted octanol–water partition coefficient (Wildman–Crippen LogP) is 1.03. The van der Waals surface area contributed by atoms with Crippen LogP contribution in [0.25, 0.3) is 0 Å². The number of carbonyl (C=O) groups excluding carboxylic acids is 2. The van der Waals surface area contributed by atoms with Gasteiger partial charge in [-0.2, -0.15) is 0 Å². The van der Waals surface area contributed by atoms with E-state index in [9.17, 15) is 9.59 Å². The number of amides is 2. The number of hydrogen-bond acceptors (Lipinski definition) is 5. The quantitative estimate of drug-likeness (QED) is 0.796. The van der Waals surface area contributed by atoms with Crippen molar-refractivity contribution in [2.45, 2.75) is 31.7 Å². The van der Waals surface area contributed by atoms with Crippen molar-refractivity contribution in [1.82, 2.24) is 15.2 Å². The summed E-state index contributed by atoms with van der Waals surface area (Å²) in [7, 11) is 0. The van der Waals surface area contributed by atoms with Gasteiger partial charge >= 0.3 is 11.8 Å². The van der Waals surface area contributed by atoms with Crippen molar-refractivity contribution >= 4 is 17.5 Å². The van der Waals surface area contributed by atoms with Crippen LogP contribution in [0.4, 0.5) is 5.69 Å². The lowest BCUT2D eigenvalue weighted by Gasteiger charge is -2.39. The Kier molecular flexibility index (Phi) is 6.36. The number of nitrogens with one attached hydrogen (secondary N) is 2. The maximum absolute atomic E-state index is 11.9. The molecule has 0 aliphatic carbocycles. The van der Waals surface area contributed by atoms with Crippen LogP contribution in [-0.2, 0) is 14.3 Å². The summed E-state index contributed by atoms with van der Waals surface area (Å²) in [6, 6.07) is 4.05. The summed E-state index contributed by atoms with van der Waals surface area (Å²) in [5, 5.41) is 5.30. The molecule has 2 aliphatic heterocycles. The van der Waals surface area contributed by atoms with Crippen molar-refractivity contribution < 1.29 is 14.3 Å². The van der Waals surface area contributed by atoms with E-state index in [0.717, 1.165) is 52.0 Å². The first-order chi connectivity index (χ1) is 12.2. The van der Waals surface area contributed by atoms with Gasteiger partial charge in [-0.25, -0.2) is 0 Å². The molecule has 136 valence electrons. The molecule has 25 heavy (non-hydrogen) atoms. The topological polar surface area (TPSA) is 83.6 Å². The van der Waals surface area contributed by atoms with Gasteiger partial charge < -0.3 is 20.3 Å². The minimum atomic E-state index is -0.646. The first-order valence-corrected chi connectivity index (χ1v) is 9.03. The van der Waals surface area contributed by atoms with Gasteiger partial charge in [0, 0.05) is 32.0 Å². The molecule has 0 radical (unpaired) electrons. The molecule has 2 amide bonds. The smallest absolute Gasteiger partial charge is 0.313 e. The summed E-state index contributed by atoms with van der Waals surface area (Å²) >= 11 is 0. The Morgan fingerprint density at radius 1 is 1.16 bits per heavy atom. The molecule has 0 bridgehead atoms. The molecule has 0 spiro atoms. The molecule has 7 heteroatoms. The van der Waals surface area contributed by atoms with Gasteiger partial charge in [-0.05, 0) is 56.8 Å². The fraction of sp³-hybridized carbons (Fsp3) is 0.611. The number of hydrogen-bond donors (Lipinski definition) is 2. The van der Waals surface area contributed by atoms with Crippen LogP contribution in [-0.4, -0.2) is 60.6 Å². The van der Waals surface area contributed by atoms with Crippen molar-refractivity contribution in [2.24, 2.45) is 5.92 Å². The largest absolute Gasteiger partial charge is 0.381 e. The van der Waals surface area contributed by atoms with Crippen molar-refractivity contribution in [3.63, 3.8) is 0 Å². The number of carbonyl (C=O) groups is 2. The summed E-state index contributed by atoms with van der Waals surface area (Å²) in [6.45, 7) is 4.42. The van der Waals surface area contributed by atoms with Gasteiger partial charge in [-0.3, -0.25) is 14.6 Å². The minimum Gasteiger partial charge on any atom is -0.381 e. The third kappa shape index (κ3) is 5.24. The molecule has 0 atom stereocenters. The average molecular weight is 346 g/mol. The number of anilines is 1. The number of likely N-dealkylation sites (tertiary alicyclic amines) is 1. The Hall–Kier alpha value is -1.99. The monoisotopic (exact) mass is 346 g/mol. The lowest BCUT2D eigenvalue weighted by Crippen LogP contribution is -2.46. The Morgan fingerprint density at radius 2 is 1.92 bits per heavy atom. The SMILES string of the molecule is O=C(NCC1CCN(C2CCOCC2)CC1)C(=O)Nc1cccnc1. The van der Waals surface area contributed by atoms with E-state index in [1.54, 1.807) is 18.3 Å². The second-order valence-corrected chi connectivity index (χ2v) is 6.73. The van der Waals surface area contributed by atoms with Gasteiger partial charge in [0.25, 0.3) is 0 Å².